The van der Waals surface area contributed by atoms with Crippen LogP contribution in [-0.2, 0) is 11.3 Å². The maximum absolute atomic E-state index is 12.3. The largest absolute Gasteiger partial charge is 0.396 e. The molecule has 2 rings (SSSR count). The van der Waals surface area contributed by atoms with Gasteiger partial charge in [-0.15, -0.1) is 0 Å². The van der Waals surface area contributed by atoms with Gasteiger partial charge in [-0.05, 0) is 18.4 Å². The zero-order valence-corrected chi connectivity index (χ0v) is 11.5. The van der Waals surface area contributed by atoms with E-state index < -0.39 is 0 Å². The monoisotopic (exact) mass is 262 g/mol. The number of carbonyl (C=O) groups is 1. The molecule has 0 spiro atoms. The van der Waals surface area contributed by atoms with E-state index in [1.165, 1.54) is 5.56 Å². The van der Waals surface area contributed by atoms with E-state index in [0.717, 1.165) is 26.1 Å². The van der Waals surface area contributed by atoms with E-state index in [4.69, 9.17) is 0 Å². The van der Waals surface area contributed by atoms with E-state index in [2.05, 4.69) is 17.0 Å². The molecule has 1 atom stereocenters. The Kier molecular flexibility index (Phi) is 4.93. The molecular formula is C15H22N2O2. The van der Waals surface area contributed by atoms with Crippen molar-refractivity contribution in [1.82, 2.24) is 9.80 Å². The summed E-state index contributed by atoms with van der Waals surface area (Å²) < 4.78 is 0. The van der Waals surface area contributed by atoms with Crippen LogP contribution in [0.25, 0.3) is 0 Å². The highest BCUT2D eigenvalue weighted by Gasteiger charge is 2.30. The van der Waals surface area contributed by atoms with Crippen molar-refractivity contribution in [3.05, 3.63) is 35.9 Å². The van der Waals surface area contributed by atoms with Crippen LogP contribution in [0.15, 0.2) is 30.3 Å². The summed E-state index contributed by atoms with van der Waals surface area (Å²) in [4.78, 5) is 16.3. The zero-order valence-electron chi connectivity index (χ0n) is 11.5. The van der Waals surface area contributed by atoms with Crippen LogP contribution in [0.4, 0.5) is 0 Å². The Labute approximate surface area is 114 Å². The molecule has 4 nitrogen and oxygen atoms in total. The number of likely N-dealkylation sites (N-methyl/N-ethyl adjacent to an activating group) is 1. The molecule has 1 fully saturated rings. The van der Waals surface area contributed by atoms with E-state index in [0.29, 0.717) is 6.42 Å². The van der Waals surface area contributed by atoms with E-state index in [-0.39, 0.29) is 18.6 Å². The van der Waals surface area contributed by atoms with Crippen molar-refractivity contribution in [2.45, 2.75) is 25.4 Å². The first-order valence-corrected chi connectivity index (χ1v) is 6.86. The predicted molar refractivity (Wildman–Crippen MR) is 74.6 cm³/mol. The zero-order chi connectivity index (χ0) is 13.7. The second-order valence-electron chi connectivity index (χ2n) is 5.10. The second kappa shape index (κ2) is 6.68. The van der Waals surface area contributed by atoms with Gasteiger partial charge in [0.2, 0.25) is 5.91 Å². The van der Waals surface area contributed by atoms with Crippen LogP contribution in [0, 0.1) is 0 Å². The van der Waals surface area contributed by atoms with Crippen molar-refractivity contribution in [2.75, 3.05) is 26.7 Å². The number of hydrogen-bond donors (Lipinski definition) is 1. The normalized spacial score (nSPS) is 21.5. The van der Waals surface area contributed by atoms with E-state index in [1.807, 2.05) is 25.2 Å². The van der Waals surface area contributed by atoms with Crippen molar-refractivity contribution in [3.8, 4) is 0 Å². The molecule has 1 aliphatic rings. The van der Waals surface area contributed by atoms with E-state index in [9.17, 15) is 9.90 Å². The molecule has 4 heteroatoms. The van der Waals surface area contributed by atoms with Crippen molar-refractivity contribution in [3.63, 3.8) is 0 Å². The first kappa shape index (κ1) is 14.0. The first-order valence-electron chi connectivity index (χ1n) is 6.86. The summed E-state index contributed by atoms with van der Waals surface area (Å²) in [5, 5.41) is 9.20. The summed E-state index contributed by atoms with van der Waals surface area (Å²) >= 11 is 0. The van der Waals surface area contributed by atoms with Gasteiger partial charge >= 0.3 is 0 Å². The van der Waals surface area contributed by atoms with Crippen molar-refractivity contribution in [2.24, 2.45) is 0 Å². The van der Waals surface area contributed by atoms with Gasteiger partial charge in [0.05, 0.1) is 6.04 Å². The highest BCUT2D eigenvalue weighted by Crippen LogP contribution is 2.16. The highest BCUT2D eigenvalue weighted by atomic mass is 16.3. The van der Waals surface area contributed by atoms with Gasteiger partial charge in [-0.2, -0.15) is 0 Å². The summed E-state index contributed by atoms with van der Waals surface area (Å²) in [6.45, 7) is 2.52. The van der Waals surface area contributed by atoms with Crippen LogP contribution in [0.2, 0.25) is 0 Å². The van der Waals surface area contributed by atoms with Gasteiger partial charge in [0.15, 0.2) is 0 Å². The van der Waals surface area contributed by atoms with E-state index >= 15 is 0 Å². The van der Waals surface area contributed by atoms with Crippen LogP contribution in [-0.4, -0.2) is 53.6 Å². The number of hydrogen-bond acceptors (Lipinski definition) is 3. The van der Waals surface area contributed by atoms with Gasteiger partial charge in [-0.25, -0.2) is 0 Å². The lowest BCUT2D eigenvalue weighted by Gasteiger charge is -2.29. The van der Waals surface area contributed by atoms with Crippen LogP contribution < -0.4 is 0 Å². The quantitative estimate of drug-likeness (QED) is 0.884. The molecule has 1 heterocycles. The number of amides is 1. The van der Waals surface area contributed by atoms with Crippen LogP contribution >= 0.6 is 0 Å². The third-order valence-corrected chi connectivity index (χ3v) is 3.67. The average Bonchev–Trinajstić information content (AvgIpc) is 2.55. The lowest BCUT2D eigenvalue weighted by molar-refractivity contribution is -0.134. The van der Waals surface area contributed by atoms with Gasteiger partial charge in [0.1, 0.15) is 0 Å². The SMILES string of the molecule is CN1CCCN(Cc2ccccc2)C(CCO)C1=O. The standard InChI is InChI=1S/C15H22N2O2/c1-16-9-5-10-17(14(8-11-18)15(16)19)12-13-6-3-2-4-7-13/h2-4,6-7,14,18H,5,8-12H2,1H3. The van der Waals surface area contributed by atoms with Gasteiger partial charge < -0.3 is 10.0 Å². The molecule has 104 valence electrons. The van der Waals surface area contributed by atoms with Crippen LogP contribution in [0.1, 0.15) is 18.4 Å². The minimum Gasteiger partial charge on any atom is -0.396 e. The first-order chi connectivity index (χ1) is 9.22. The van der Waals surface area contributed by atoms with Crippen molar-refractivity contribution >= 4 is 5.91 Å². The summed E-state index contributed by atoms with van der Waals surface area (Å²) in [6, 6.07) is 9.99. The molecule has 1 saturated heterocycles. The van der Waals surface area contributed by atoms with Crippen LogP contribution in [0.5, 0.6) is 0 Å². The Morgan fingerprint density at radius 1 is 1.26 bits per heavy atom. The Balaban J connectivity index is 2.13. The molecule has 1 aliphatic heterocycles. The van der Waals surface area contributed by atoms with Crippen molar-refractivity contribution in [1.29, 1.82) is 0 Å². The minimum absolute atomic E-state index is 0.0511. The number of nitrogens with zero attached hydrogens (tertiary/aromatic N) is 2. The number of benzene rings is 1. The Morgan fingerprint density at radius 3 is 2.68 bits per heavy atom. The average molecular weight is 262 g/mol. The highest BCUT2D eigenvalue weighted by molar-refractivity contribution is 5.81. The fourth-order valence-corrected chi connectivity index (χ4v) is 2.62. The Morgan fingerprint density at radius 2 is 2.00 bits per heavy atom. The van der Waals surface area contributed by atoms with Crippen molar-refractivity contribution < 1.29 is 9.90 Å². The predicted octanol–water partition coefficient (Wildman–Crippen LogP) is 1.10. The maximum atomic E-state index is 12.3. The molecular weight excluding hydrogens is 240 g/mol. The van der Waals surface area contributed by atoms with Gasteiger partial charge in [0.25, 0.3) is 0 Å². The third-order valence-electron chi connectivity index (χ3n) is 3.67. The lowest BCUT2D eigenvalue weighted by atomic mass is 10.1. The lowest BCUT2D eigenvalue weighted by Crippen LogP contribution is -2.44. The summed E-state index contributed by atoms with van der Waals surface area (Å²) in [5.41, 5.74) is 1.21. The maximum Gasteiger partial charge on any atom is 0.239 e. The second-order valence-corrected chi connectivity index (χ2v) is 5.10. The fourth-order valence-electron chi connectivity index (χ4n) is 2.62. The molecule has 19 heavy (non-hydrogen) atoms. The molecule has 0 radical (unpaired) electrons. The fraction of sp³-hybridized carbons (Fsp3) is 0.533. The molecule has 1 aromatic carbocycles. The molecule has 0 aliphatic carbocycles. The third kappa shape index (κ3) is 3.55. The Bertz CT molecular complexity index is 408. The summed E-state index contributed by atoms with van der Waals surface area (Å²) in [7, 11) is 1.85. The Hall–Kier alpha value is -1.39. The molecule has 0 aromatic heterocycles. The smallest absolute Gasteiger partial charge is 0.239 e. The number of aliphatic hydroxyl groups excluding tert-OH is 1. The topological polar surface area (TPSA) is 43.8 Å². The number of carbonyl (C=O) groups excluding carboxylic acids is 1. The molecule has 1 aromatic rings. The van der Waals surface area contributed by atoms with Crippen LogP contribution in [0.3, 0.4) is 0 Å². The molecule has 1 unspecified atom stereocenters. The summed E-state index contributed by atoms with van der Waals surface area (Å²) in [6.07, 6.45) is 1.49. The molecule has 0 saturated carbocycles. The number of aliphatic hydroxyl groups is 1. The van der Waals surface area contributed by atoms with Gasteiger partial charge in [-0.1, -0.05) is 30.3 Å². The number of rotatable bonds is 4. The van der Waals surface area contributed by atoms with Gasteiger partial charge in [-0.3, -0.25) is 9.69 Å². The molecule has 1 amide bonds. The summed E-state index contributed by atoms with van der Waals surface area (Å²) in [5.74, 6) is 0.127. The molecule has 0 bridgehead atoms. The molecule has 1 N–H and O–H groups in total. The van der Waals surface area contributed by atoms with Gasteiger partial charge in [0, 0.05) is 33.3 Å². The van der Waals surface area contributed by atoms with E-state index in [1.54, 1.807) is 4.90 Å². The minimum atomic E-state index is -0.197.